The first kappa shape index (κ1) is 12.7. The third-order valence-electron chi connectivity index (χ3n) is 2.47. The van der Waals surface area contributed by atoms with Gasteiger partial charge in [0, 0.05) is 13.1 Å². The fourth-order valence-electron chi connectivity index (χ4n) is 1.62. The molecule has 0 radical (unpaired) electrons. The van der Waals surface area contributed by atoms with Crippen LogP contribution in [0.5, 0.6) is 0 Å². The van der Waals surface area contributed by atoms with Gasteiger partial charge in [0.15, 0.2) is 0 Å². The Balaban J connectivity index is 2.08. The summed E-state index contributed by atoms with van der Waals surface area (Å²) in [5, 5.41) is 2.49. The van der Waals surface area contributed by atoms with Gasteiger partial charge in [-0.25, -0.2) is 0 Å². The average Bonchev–Trinajstić information content (AvgIpc) is 2.63. The maximum absolute atomic E-state index is 11.0. The zero-order valence-corrected chi connectivity index (χ0v) is 9.92. The third-order valence-corrected chi connectivity index (χ3v) is 2.80. The number of carbonyl (C=O) groups is 1. The van der Waals surface area contributed by atoms with E-state index in [9.17, 15) is 4.79 Å². The minimum Gasteiger partial charge on any atom is -0.468 e. The Bertz CT molecular complexity index is 213. The average molecular weight is 236 g/mol. The molecule has 0 amide bonds. The molecule has 1 aliphatic rings. The van der Waals surface area contributed by atoms with E-state index in [0.717, 1.165) is 19.4 Å². The lowest BCUT2D eigenvalue weighted by molar-refractivity contribution is -0.140. The second-order valence-corrected chi connectivity index (χ2v) is 4.32. The lowest BCUT2D eigenvalue weighted by Crippen LogP contribution is -2.34. The van der Waals surface area contributed by atoms with Crippen molar-refractivity contribution in [1.82, 2.24) is 5.32 Å². The molecule has 0 bridgehead atoms. The van der Waals surface area contributed by atoms with E-state index in [1.54, 1.807) is 0 Å². The first-order valence-electron chi connectivity index (χ1n) is 5.21. The molecule has 1 N–H and O–H groups in total. The number of esters is 1. The van der Waals surface area contributed by atoms with Crippen LogP contribution in [0.15, 0.2) is 0 Å². The first-order chi connectivity index (χ1) is 7.13. The summed E-state index contributed by atoms with van der Waals surface area (Å²) in [7, 11) is 1.33. The normalized spacial score (nSPS) is 27.7. The molecule has 0 spiro atoms. The van der Waals surface area contributed by atoms with E-state index in [-0.39, 0.29) is 6.10 Å². The lowest BCUT2D eigenvalue weighted by Gasteiger charge is -2.13. The van der Waals surface area contributed by atoms with Gasteiger partial charge in [-0.15, -0.1) is 11.6 Å². The van der Waals surface area contributed by atoms with Crippen LogP contribution in [0.25, 0.3) is 0 Å². The Labute approximate surface area is 95.3 Å². The van der Waals surface area contributed by atoms with E-state index in [4.69, 9.17) is 16.3 Å². The minimum atomic E-state index is -0.617. The maximum atomic E-state index is 11.0. The van der Waals surface area contributed by atoms with Crippen molar-refractivity contribution in [1.29, 1.82) is 0 Å². The molecule has 3 unspecified atom stereocenters. The standard InChI is InChI=1S/C10H18ClNO3/c1-7-3-4-8(15-7)5-12-6-9(11)10(13)14-2/h7-9,12H,3-6H2,1-2H3. The van der Waals surface area contributed by atoms with Crippen molar-refractivity contribution in [3.05, 3.63) is 0 Å². The summed E-state index contributed by atoms with van der Waals surface area (Å²) < 4.78 is 10.1. The van der Waals surface area contributed by atoms with Crippen LogP contribution in [0.4, 0.5) is 0 Å². The van der Waals surface area contributed by atoms with Gasteiger partial charge in [0.25, 0.3) is 0 Å². The lowest BCUT2D eigenvalue weighted by atomic mass is 10.2. The quantitative estimate of drug-likeness (QED) is 0.569. The molecule has 0 saturated carbocycles. The van der Waals surface area contributed by atoms with Gasteiger partial charge in [0.05, 0.1) is 19.3 Å². The van der Waals surface area contributed by atoms with Gasteiger partial charge < -0.3 is 14.8 Å². The summed E-state index contributed by atoms with van der Waals surface area (Å²) in [5.41, 5.74) is 0. The van der Waals surface area contributed by atoms with Crippen molar-refractivity contribution in [2.45, 2.75) is 37.4 Å². The molecule has 3 atom stereocenters. The summed E-state index contributed by atoms with van der Waals surface area (Å²) in [4.78, 5) is 11.0. The molecule has 0 aromatic heterocycles. The predicted octanol–water partition coefficient (Wildman–Crippen LogP) is 0.924. The highest BCUT2D eigenvalue weighted by Crippen LogP contribution is 2.18. The highest BCUT2D eigenvalue weighted by molar-refractivity contribution is 6.30. The highest BCUT2D eigenvalue weighted by Gasteiger charge is 2.22. The Morgan fingerprint density at radius 3 is 2.93 bits per heavy atom. The SMILES string of the molecule is COC(=O)C(Cl)CNCC1CCC(C)O1. The Hall–Kier alpha value is -0.320. The van der Waals surface area contributed by atoms with Crippen molar-refractivity contribution in [2.24, 2.45) is 0 Å². The largest absolute Gasteiger partial charge is 0.468 e. The van der Waals surface area contributed by atoms with Gasteiger partial charge in [0.2, 0.25) is 0 Å². The van der Waals surface area contributed by atoms with E-state index < -0.39 is 11.3 Å². The van der Waals surface area contributed by atoms with Gasteiger partial charge in [-0.05, 0) is 19.8 Å². The van der Waals surface area contributed by atoms with E-state index in [1.165, 1.54) is 7.11 Å². The first-order valence-corrected chi connectivity index (χ1v) is 5.65. The van der Waals surface area contributed by atoms with Crippen LogP contribution in [0.2, 0.25) is 0 Å². The van der Waals surface area contributed by atoms with Crippen molar-refractivity contribution in [2.75, 3.05) is 20.2 Å². The Morgan fingerprint density at radius 2 is 2.40 bits per heavy atom. The van der Waals surface area contributed by atoms with Crippen LogP contribution < -0.4 is 5.32 Å². The minimum absolute atomic E-state index is 0.251. The van der Waals surface area contributed by atoms with Crippen LogP contribution in [0.1, 0.15) is 19.8 Å². The molecule has 1 saturated heterocycles. The molecule has 0 aliphatic carbocycles. The second-order valence-electron chi connectivity index (χ2n) is 3.80. The molecule has 0 aromatic carbocycles. The molecule has 1 fully saturated rings. The highest BCUT2D eigenvalue weighted by atomic mass is 35.5. The van der Waals surface area contributed by atoms with Crippen LogP contribution in [0.3, 0.4) is 0 Å². The van der Waals surface area contributed by atoms with Crippen LogP contribution in [-0.2, 0) is 14.3 Å². The van der Waals surface area contributed by atoms with Crippen molar-refractivity contribution in [3.8, 4) is 0 Å². The maximum Gasteiger partial charge on any atom is 0.325 e. The van der Waals surface area contributed by atoms with E-state index >= 15 is 0 Å². The summed E-state index contributed by atoms with van der Waals surface area (Å²) in [5.74, 6) is -0.398. The zero-order chi connectivity index (χ0) is 11.3. The van der Waals surface area contributed by atoms with Crippen molar-refractivity contribution >= 4 is 17.6 Å². The number of hydrogen-bond acceptors (Lipinski definition) is 4. The number of methoxy groups -OCH3 is 1. The van der Waals surface area contributed by atoms with Crippen molar-refractivity contribution in [3.63, 3.8) is 0 Å². The molecule has 5 heteroatoms. The number of rotatable bonds is 5. The van der Waals surface area contributed by atoms with Gasteiger partial charge in [-0.3, -0.25) is 4.79 Å². The van der Waals surface area contributed by atoms with Crippen LogP contribution in [-0.4, -0.2) is 43.8 Å². The van der Waals surface area contributed by atoms with Gasteiger partial charge in [-0.2, -0.15) is 0 Å². The molecule has 4 nitrogen and oxygen atoms in total. The van der Waals surface area contributed by atoms with Crippen LogP contribution in [0, 0.1) is 0 Å². The number of alkyl halides is 1. The summed E-state index contributed by atoms with van der Waals surface area (Å²) in [6, 6.07) is 0. The molecule has 1 heterocycles. The Kier molecular flexibility index (Phi) is 5.36. The zero-order valence-electron chi connectivity index (χ0n) is 9.16. The molecule has 88 valence electrons. The number of nitrogens with one attached hydrogen (secondary N) is 1. The van der Waals surface area contributed by atoms with Gasteiger partial charge in [0.1, 0.15) is 5.38 Å². The fourth-order valence-corrected chi connectivity index (χ4v) is 1.82. The summed E-state index contributed by atoms with van der Waals surface area (Å²) >= 11 is 5.77. The van der Waals surface area contributed by atoms with Gasteiger partial charge in [-0.1, -0.05) is 0 Å². The van der Waals surface area contributed by atoms with E-state index in [1.807, 2.05) is 0 Å². The van der Waals surface area contributed by atoms with E-state index in [0.29, 0.717) is 12.6 Å². The smallest absolute Gasteiger partial charge is 0.325 e. The third kappa shape index (κ3) is 4.36. The van der Waals surface area contributed by atoms with E-state index in [2.05, 4.69) is 17.0 Å². The second kappa shape index (κ2) is 6.30. The molecule has 15 heavy (non-hydrogen) atoms. The topological polar surface area (TPSA) is 47.6 Å². The number of hydrogen-bond donors (Lipinski definition) is 1. The number of carbonyl (C=O) groups excluding carboxylic acids is 1. The number of ether oxygens (including phenoxy) is 2. The molecular formula is C10H18ClNO3. The Morgan fingerprint density at radius 1 is 1.67 bits per heavy atom. The van der Waals surface area contributed by atoms with Gasteiger partial charge >= 0.3 is 5.97 Å². The summed E-state index contributed by atoms with van der Waals surface area (Å²) in [6.45, 7) is 3.23. The molecule has 1 aliphatic heterocycles. The van der Waals surface area contributed by atoms with Crippen molar-refractivity contribution < 1.29 is 14.3 Å². The monoisotopic (exact) mass is 235 g/mol. The predicted molar refractivity (Wildman–Crippen MR) is 58.1 cm³/mol. The number of halogens is 1. The fraction of sp³-hybridized carbons (Fsp3) is 0.900. The van der Waals surface area contributed by atoms with Crippen LogP contribution >= 0.6 is 11.6 Å². The summed E-state index contributed by atoms with van der Waals surface area (Å²) in [6.07, 6.45) is 2.78. The molecular weight excluding hydrogens is 218 g/mol. The molecule has 0 aromatic rings. The molecule has 1 rings (SSSR count).